The van der Waals surface area contributed by atoms with Crippen LogP contribution in [0.5, 0.6) is 5.75 Å². The standard InChI is InChI=1S/C19H22O2/c1-21-18-10-2-5-14(11-18)12-19(20)17-9-4-8-16(13-17)15-6-3-7-15/h2,4-5,8-11,13,15,19-20H,3,6-7,12H2,1H3. The third kappa shape index (κ3) is 3.27. The topological polar surface area (TPSA) is 29.5 Å². The normalized spacial score (nSPS) is 16.3. The molecule has 0 spiro atoms. The van der Waals surface area contributed by atoms with E-state index in [1.54, 1.807) is 7.11 Å². The highest BCUT2D eigenvalue weighted by molar-refractivity contribution is 5.32. The van der Waals surface area contributed by atoms with Gasteiger partial charge >= 0.3 is 0 Å². The van der Waals surface area contributed by atoms with Gasteiger partial charge in [0.05, 0.1) is 13.2 Å². The Hall–Kier alpha value is -1.80. The van der Waals surface area contributed by atoms with E-state index in [0.717, 1.165) is 16.9 Å². The van der Waals surface area contributed by atoms with Crippen LogP contribution in [0.3, 0.4) is 0 Å². The first-order valence-electron chi connectivity index (χ1n) is 7.67. The van der Waals surface area contributed by atoms with Crippen molar-refractivity contribution in [3.8, 4) is 5.75 Å². The molecule has 2 aromatic carbocycles. The summed E-state index contributed by atoms with van der Waals surface area (Å²) in [6.07, 6.45) is 4.06. The van der Waals surface area contributed by atoms with Gasteiger partial charge in [-0.05, 0) is 47.6 Å². The van der Waals surface area contributed by atoms with E-state index in [9.17, 15) is 5.11 Å². The molecular weight excluding hydrogens is 260 g/mol. The maximum Gasteiger partial charge on any atom is 0.119 e. The summed E-state index contributed by atoms with van der Waals surface area (Å²) in [5.74, 6) is 1.54. The van der Waals surface area contributed by atoms with Crippen molar-refractivity contribution in [2.45, 2.75) is 37.7 Å². The van der Waals surface area contributed by atoms with Crippen molar-refractivity contribution in [2.24, 2.45) is 0 Å². The Labute approximate surface area is 126 Å². The maximum absolute atomic E-state index is 10.5. The zero-order valence-electron chi connectivity index (χ0n) is 12.5. The molecule has 110 valence electrons. The van der Waals surface area contributed by atoms with Gasteiger partial charge in [0.1, 0.15) is 5.75 Å². The van der Waals surface area contributed by atoms with Gasteiger partial charge in [-0.2, -0.15) is 0 Å². The fourth-order valence-corrected chi connectivity index (χ4v) is 2.90. The fraction of sp³-hybridized carbons (Fsp3) is 0.368. The van der Waals surface area contributed by atoms with Gasteiger partial charge in [0, 0.05) is 6.42 Å². The summed E-state index contributed by atoms with van der Waals surface area (Å²) < 4.78 is 5.23. The molecule has 1 aliphatic rings. The smallest absolute Gasteiger partial charge is 0.119 e. The van der Waals surface area contributed by atoms with Gasteiger partial charge in [0.2, 0.25) is 0 Å². The van der Waals surface area contributed by atoms with Crippen LogP contribution in [-0.4, -0.2) is 12.2 Å². The minimum absolute atomic E-state index is 0.461. The lowest BCUT2D eigenvalue weighted by molar-refractivity contribution is 0.178. The van der Waals surface area contributed by atoms with Crippen LogP contribution in [0.4, 0.5) is 0 Å². The first-order valence-corrected chi connectivity index (χ1v) is 7.67. The molecule has 0 aliphatic heterocycles. The van der Waals surface area contributed by atoms with Crippen LogP contribution < -0.4 is 4.74 Å². The van der Waals surface area contributed by atoms with Crippen LogP contribution in [0, 0.1) is 0 Å². The monoisotopic (exact) mass is 282 g/mol. The molecule has 2 aromatic rings. The van der Waals surface area contributed by atoms with E-state index in [1.165, 1.54) is 24.8 Å². The number of aliphatic hydroxyl groups excluding tert-OH is 1. The average molecular weight is 282 g/mol. The van der Waals surface area contributed by atoms with E-state index in [2.05, 4.69) is 18.2 Å². The van der Waals surface area contributed by atoms with E-state index < -0.39 is 6.10 Å². The quantitative estimate of drug-likeness (QED) is 0.889. The first-order chi connectivity index (χ1) is 10.3. The molecule has 0 radical (unpaired) electrons. The molecule has 3 rings (SSSR count). The highest BCUT2D eigenvalue weighted by Gasteiger charge is 2.20. The number of rotatable bonds is 5. The van der Waals surface area contributed by atoms with Crippen LogP contribution in [0.15, 0.2) is 48.5 Å². The SMILES string of the molecule is COc1cccc(CC(O)c2cccc(C3CCC3)c2)c1. The third-order valence-electron chi connectivity index (χ3n) is 4.44. The molecule has 1 fully saturated rings. The van der Waals surface area contributed by atoms with E-state index in [-0.39, 0.29) is 0 Å². The van der Waals surface area contributed by atoms with Gasteiger partial charge in [0.25, 0.3) is 0 Å². The Morgan fingerprint density at radius 2 is 1.95 bits per heavy atom. The van der Waals surface area contributed by atoms with E-state index in [4.69, 9.17) is 4.74 Å². The van der Waals surface area contributed by atoms with Crippen molar-refractivity contribution in [3.63, 3.8) is 0 Å². The van der Waals surface area contributed by atoms with Gasteiger partial charge in [0.15, 0.2) is 0 Å². The van der Waals surface area contributed by atoms with Crippen LogP contribution in [0.2, 0.25) is 0 Å². The molecule has 2 heteroatoms. The molecule has 1 N–H and O–H groups in total. The molecule has 1 atom stereocenters. The predicted octanol–water partition coefficient (Wildman–Crippen LogP) is 4.24. The lowest BCUT2D eigenvalue weighted by atomic mass is 9.79. The molecule has 2 nitrogen and oxygen atoms in total. The molecule has 0 saturated heterocycles. The molecule has 21 heavy (non-hydrogen) atoms. The zero-order chi connectivity index (χ0) is 14.7. The second-order valence-corrected chi connectivity index (χ2v) is 5.87. The summed E-state index contributed by atoms with van der Waals surface area (Å²) in [5, 5.41) is 10.5. The minimum atomic E-state index is -0.461. The minimum Gasteiger partial charge on any atom is -0.497 e. The zero-order valence-corrected chi connectivity index (χ0v) is 12.5. The summed E-state index contributed by atoms with van der Waals surface area (Å²) in [4.78, 5) is 0. The molecule has 1 saturated carbocycles. The average Bonchev–Trinajstić information content (AvgIpc) is 2.46. The van der Waals surface area contributed by atoms with Crippen molar-refractivity contribution in [1.82, 2.24) is 0 Å². The predicted molar refractivity (Wildman–Crippen MR) is 84.7 cm³/mol. The van der Waals surface area contributed by atoms with Crippen LogP contribution in [-0.2, 0) is 6.42 Å². The second-order valence-electron chi connectivity index (χ2n) is 5.87. The first kappa shape index (κ1) is 14.2. The Bertz CT molecular complexity index is 602. The van der Waals surface area contributed by atoms with Gasteiger partial charge in [-0.15, -0.1) is 0 Å². The van der Waals surface area contributed by atoms with Crippen molar-refractivity contribution < 1.29 is 9.84 Å². The van der Waals surface area contributed by atoms with Crippen LogP contribution >= 0.6 is 0 Å². The number of hydrogen-bond acceptors (Lipinski definition) is 2. The van der Waals surface area contributed by atoms with E-state index in [0.29, 0.717) is 12.3 Å². The van der Waals surface area contributed by atoms with E-state index in [1.807, 2.05) is 30.3 Å². The molecular formula is C19H22O2. The molecule has 0 aromatic heterocycles. The highest BCUT2D eigenvalue weighted by Crippen LogP contribution is 2.37. The van der Waals surface area contributed by atoms with Crippen molar-refractivity contribution in [2.75, 3.05) is 7.11 Å². The van der Waals surface area contributed by atoms with Crippen LogP contribution in [0.25, 0.3) is 0 Å². The van der Waals surface area contributed by atoms with Crippen LogP contribution in [0.1, 0.15) is 48.0 Å². The molecule has 1 unspecified atom stereocenters. The van der Waals surface area contributed by atoms with Crippen molar-refractivity contribution in [3.05, 3.63) is 65.2 Å². The maximum atomic E-state index is 10.5. The summed E-state index contributed by atoms with van der Waals surface area (Å²) >= 11 is 0. The lowest BCUT2D eigenvalue weighted by Crippen LogP contribution is -2.10. The lowest BCUT2D eigenvalue weighted by Gasteiger charge is -2.26. The Kier molecular flexibility index (Phi) is 4.26. The Morgan fingerprint density at radius 1 is 1.14 bits per heavy atom. The Morgan fingerprint density at radius 3 is 2.67 bits per heavy atom. The number of benzene rings is 2. The fourth-order valence-electron chi connectivity index (χ4n) is 2.90. The highest BCUT2D eigenvalue weighted by atomic mass is 16.5. The van der Waals surface area contributed by atoms with Crippen molar-refractivity contribution >= 4 is 0 Å². The van der Waals surface area contributed by atoms with Crippen molar-refractivity contribution in [1.29, 1.82) is 0 Å². The molecule has 1 aliphatic carbocycles. The largest absolute Gasteiger partial charge is 0.497 e. The molecule has 0 heterocycles. The number of ether oxygens (including phenoxy) is 1. The van der Waals surface area contributed by atoms with Gasteiger partial charge in [-0.1, -0.05) is 42.8 Å². The summed E-state index contributed by atoms with van der Waals surface area (Å²) in [6.45, 7) is 0. The summed E-state index contributed by atoms with van der Waals surface area (Å²) in [5.41, 5.74) is 3.49. The number of hydrogen-bond donors (Lipinski definition) is 1. The Balaban J connectivity index is 1.73. The van der Waals surface area contributed by atoms with Gasteiger partial charge < -0.3 is 9.84 Å². The second kappa shape index (κ2) is 6.31. The number of methoxy groups -OCH3 is 1. The number of aliphatic hydroxyl groups is 1. The van der Waals surface area contributed by atoms with E-state index >= 15 is 0 Å². The van der Waals surface area contributed by atoms with Gasteiger partial charge in [-0.3, -0.25) is 0 Å². The summed E-state index contributed by atoms with van der Waals surface area (Å²) in [6, 6.07) is 16.4. The molecule has 0 amide bonds. The molecule has 0 bridgehead atoms. The van der Waals surface area contributed by atoms with Gasteiger partial charge in [-0.25, -0.2) is 0 Å². The summed E-state index contributed by atoms with van der Waals surface area (Å²) in [7, 11) is 1.66. The third-order valence-corrected chi connectivity index (χ3v) is 4.44.